The van der Waals surface area contributed by atoms with E-state index in [1.165, 1.54) is 0 Å². The Labute approximate surface area is 97.6 Å². The number of aliphatic hydroxyl groups is 1. The van der Waals surface area contributed by atoms with Crippen molar-refractivity contribution in [3.8, 4) is 0 Å². The highest BCUT2D eigenvalue weighted by Gasteiger charge is 2.31. The van der Waals surface area contributed by atoms with Crippen molar-refractivity contribution in [2.24, 2.45) is 0 Å². The zero-order valence-corrected chi connectivity index (χ0v) is 11.2. The molecule has 1 N–H and O–H groups in total. The number of carbonyl (C=O) groups is 1. The molecule has 1 aliphatic heterocycles. The largest absolute Gasteiger partial charge is 0.398 e. The summed E-state index contributed by atoms with van der Waals surface area (Å²) >= 11 is 0. The van der Waals surface area contributed by atoms with Crippen LogP contribution in [0.15, 0.2) is 0 Å². The standard InChI is InChI=1S/C10H21NO4Si/c1-14-16(3,15-2)6-4-5-11-8-9(12)7-10(11)13/h9,12H,4-8H2,1-3H3. The van der Waals surface area contributed by atoms with Gasteiger partial charge in [0, 0.05) is 27.3 Å². The summed E-state index contributed by atoms with van der Waals surface area (Å²) in [5.74, 6) is 0.0469. The lowest BCUT2D eigenvalue weighted by molar-refractivity contribution is -0.127. The van der Waals surface area contributed by atoms with Gasteiger partial charge in [-0.3, -0.25) is 4.79 Å². The van der Waals surface area contributed by atoms with Crippen LogP contribution in [-0.2, 0) is 13.6 Å². The molecule has 6 heteroatoms. The maximum absolute atomic E-state index is 11.4. The first-order valence-corrected chi connectivity index (χ1v) is 8.09. The highest BCUT2D eigenvalue weighted by molar-refractivity contribution is 6.65. The molecule has 1 aliphatic rings. The predicted octanol–water partition coefficient (Wildman–Crippen LogP) is 0.334. The van der Waals surface area contributed by atoms with Crippen LogP contribution >= 0.6 is 0 Å². The SMILES string of the molecule is CO[Si](C)(CCCN1CC(O)CC1=O)OC. The van der Waals surface area contributed by atoms with E-state index in [9.17, 15) is 9.90 Å². The highest BCUT2D eigenvalue weighted by atomic mass is 28.4. The summed E-state index contributed by atoms with van der Waals surface area (Å²) in [6, 6.07) is 0.861. The quantitative estimate of drug-likeness (QED) is 0.687. The van der Waals surface area contributed by atoms with Gasteiger partial charge in [0.2, 0.25) is 5.91 Å². The molecule has 0 spiro atoms. The number of nitrogens with zero attached hydrogens (tertiary/aromatic N) is 1. The van der Waals surface area contributed by atoms with Crippen LogP contribution in [0.1, 0.15) is 12.8 Å². The van der Waals surface area contributed by atoms with Crippen molar-refractivity contribution in [3.05, 3.63) is 0 Å². The van der Waals surface area contributed by atoms with Crippen molar-refractivity contribution in [2.75, 3.05) is 27.3 Å². The minimum atomic E-state index is -2.01. The Morgan fingerprint density at radius 2 is 2.12 bits per heavy atom. The maximum atomic E-state index is 11.4. The maximum Gasteiger partial charge on any atom is 0.334 e. The van der Waals surface area contributed by atoms with Crippen LogP contribution in [0.3, 0.4) is 0 Å². The average molecular weight is 247 g/mol. The molecule has 0 aromatic rings. The summed E-state index contributed by atoms with van der Waals surface area (Å²) < 4.78 is 10.7. The van der Waals surface area contributed by atoms with Gasteiger partial charge in [0.1, 0.15) is 0 Å². The van der Waals surface area contributed by atoms with Crippen molar-refractivity contribution in [2.45, 2.75) is 31.5 Å². The van der Waals surface area contributed by atoms with Crippen LogP contribution in [0, 0.1) is 0 Å². The van der Waals surface area contributed by atoms with Crippen LogP contribution < -0.4 is 0 Å². The molecule has 16 heavy (non-hydrogen) atoms. The fraction of sp³-hybridized carbons (Fsp3) is 0.900. The molecule has 5 nitrogen and oxygen atoms in total. The molecule has 0 bridgehead atoms. The molecular weight excluding hydrogens is 226 g/mol. The molecule has 1 rings (SSSR count). The molecule has 1 amide bonds. The van der Waals surface area contributed by atoms with Gasteiger partial charge >= 0.3 is 8.56 Å². The van der Waals surface area contributed by atoms with Crippen LogP contribution in [0.5, 0.6) is 0 Å². The number of aliphatic hydroxyl groups excluding tert-OH is 1. The lowest BCUT2D eigenvalue weighted by Gasteiger charge is -2.24. The van der Waals surface area contributed by atoms with E-state index in [1.54, 1.807) is 19.1 Å². The fourth-order valence-electron chi connectivity index (χ4n) is 1.85. The molecule has 94 valence electrons. The van der Waals surface area contributed by atoms with Gasteiger partial charge in [0.05, 0.1) is 12.5 Å². The molecule has 0 radical (unpaired) electrons. The van der Waals surface area contributed by atoms with E-state index in [-0.39, 0.29) is 12.3 Å². The third-order valence-corrected chi connectivity index (χ3v) is 6.11. The van der Waals surface area contributed by atoms with Crippen molar-refractivity contribution in [1.82, 2.24) is 4.90 Å². The number of hydrogen-bond acceptors (Lipinski definition) is 4. The number of rotatable bonds is 6. The first-order chi connectivity index (χ1) is 7.50. The zero-order valence-electron chi connectivity index (χ0n) is 10.2. The summed E-state index contributed by atoms with van der Waals surface area (Å²) in [5.41, 5.74) is 0. The highest BCUT2D eigenvalue weighted by Crippen LogP contribution is 2.16. The second-order valence-electron chi connectivity index (χ2n) is 4.34. The Bertz CT molecular complexity index is 245. The second-order valence-corrected chi connectivity index (χ2v) is 7.93. The number of likely N-dealkylation sites (tertiary alicyclic amines) is 1. The number of carbonyl (C=O) groups excluding carboxylic acids is 1. The molecule has 1 atom stereocenters. The van der Waals surface area contributed by atoms with E-state index >= 15 is 0 Å². The molecule has 0 aliphatic carbocycles. The van der Waals surface area contributed by atoms with E-state index in [2.05, 4.69) is 0 Å². The third-order valence-electron chi connectivity index (χ3n) is 3.12. The first-order valence-electron chi connectivity index (χ1n) is 5.57. The third kappa shape index (κ3) is 3.55. The summed E-state index contributed by atoms with van der Waals surface area (Å²) in [6.07, 6.45) is 0.646. The van der Waals surface area contributed by atoms with Crippen molar-refractivity contribution in [3.63, 3.8) is 0 Å². The van der Waals surface area contributed by atoms with Crippen LogP contribution in [0.25, 0.3) is 0 Å². The molecule has 1 fully saturated rings. The minimum Gasteiger partial charge on any atom is -0.398 e. The monoisotopic (exact) mass is 247 g/mol. The molecule has 1 saturated heterocycles. The van der Waals surface area contributed by atoms with Gasteiger partial charge in [0.15, 0.2) is 0 Å². The summed E-state index contributed by atoms with van der Waals surface area (Å²) in [7, 11) is 1.33. The number of β-amino-alcohol motifs (C(OH)–C–C–N with tert-alkyl or cyclic N) is 1. The summed E-state index contributed by atoms with van der Waals surface area (Å²) in [6.45, 7) is 3.16. The second kappa shape index (κ2) is 5.76. The van der Waals surface area contributed by atoms with Crippen LogP contribution in [-0.4, -0.2) is 57.9 Å². The molecule has 0 aromatic carbocycles. The first kappa shape index (κ1) is 13.6. The predicted molar refractivity (Wildman–Crippen MR) is 62.3 cm³/mol. The molecule has 0 saturated carbocycles. The lowest BCUT2D eigenvalue weighted by Crippen LogP contribution is -2.37. The van der Waals surface area contributed by atoms with Gasteiger partial charge in [-0.05, 0) is 19.0 Å². The molecule has 0 aromatic heterocycles. The van der Waals surface area contributed by atoms with E-state index in [1.807, 2.05) is 6.55 Å². The smallest absolute Gasteiger partial charge is 0.334 e. The minimum absolute atomic E-state index is 0.0469. The number of amides is 1. The van der Waals surface area contributed by atoms with Crippen LogP contribution in [0.4, 0.5) is 0 Å². The Morgan fingerprint density at radius 3 is 2.56 bits per heavy atom. The van der Waals surface area contributed by atoms with Gasteiger partial charge < -0.3 is 18.9 Å². The van der Waals surface area contributed by atoms with Gasteiger partial charge in [-0.15, -0.1) is 0 Å². The average Bonchev–Trinajstić information content (AvgIpc) is 2.57. The fourth-order valence-corrected chi connectivity index (χ4v) is 3.22. The van der Waals surface area contributed by atoms with E-state index in [0.717, 1.165) is 12.5 Å². The molecule has 1 heterocycles. The van der Waals surface area contributed by atoms with Crippen LogP contribution in [0.2, 0.25) is 12.6 Å². The summed E-state index contributed by atoms with van der Waals surface area (Å²) in [5, 5.41) is 9.32. The number of hydrogen-bond donors (Lipinski definition) is 1. The van der Waals surface area contributed by atoms with Crippen molar-refractivity contribution >= 4 is 14.5 Å². The topological polar surface area (TPSA) is 59.0 Å². The lowest BCUT2D eigenvalue weighted by atomic mass is 10.3. The van der Waals surface area contributed by atoms with Gasteiger partial charge in [0.25, 0.3) is 0 Å². The van der Waals surface area contributed by atoms with Gasteiger partial charge in [-0.25, -0.2) is 0 Å². The van der Waals surface area contributed by atoms with Crippen molar-refractivity contribution < 1.29 is 18.8 Å². The van der Waals surface area contributed by atoms with E-state index in [4.69, 9.17) is 8.85 Å². The van der Waals surface area contributed by atoms with E-state index in [0.29, 0.717) is 13.1 Å². The van der Waals surface area contributed by atoms with Gasteiger partial charge in [-0.1, -0.05) is 0 Å². The zero-order chi connectivity index (χ0) is 12.2. The normalized spacial score (nSPS) is 21.9. The van der Waals surface area contributed by atoms with E-state index < -0.39 is 14.7 Å². The Morgan fingerprint density at radius 1 is 1.50 bits per heavy atom. The molecule has 1 unspecified atom stereocenters. The Balaban J connectivity index is 2.28. The summed E-state index contributed by atoms with van der Waals surface area (Å²) in [4.78, 5) is 13.1. The Hall–Kier alpha value is -0.433. The van der Waals surface area contributed by atoms with Crippen molar-refractivity contribution in [1.29, 1.82) is 0 Å². The Kier molecular flexibility index (Phi) is 4.91. The molecular formula is C10H21NO4Si. The van der Waals surface area contributed by atoms with Gasteiger partial charge in [-0.2, -0.15) is 0 Å².